The SMILES string of the molecule is COc1ccc(COC(=O)C2(Sc3ccccc3CBr)CS[C@@H]3C(NC(=O)Cc4ccccc4)C(=O)N3C2)cc1. The number of thioether (sulfide) groups is 2. The van der Waals surface area contributed by atoms with Crippen LogP contribution in [0.15, 0.2) is 83.8 Å². The Kier molecular flexibility index (Phi) is 9.07. The molecule has 1 N–H and O–H groups in total. The Morgan fingerprint density at radius 3 is 2.50 bits per heavy atom. The first kappa shape index (κ1) is 28.6. The lowest BCUT2D eigenvalue weighted by Gasteiger charge is -2.53. The van der Waals surface area contributed by atoms with Gasteiger partial charge in [0.15, 0.2) is 0 Å². The van der Waals surface area contributed by atoms with E-state index in [0.717, 1.165) is 27.3 Å². The van der Waals surface area contributed by atoms with Crippen molar-refractivity contribution in [3.8, 4) is 5.75 Å². The number of carbonyl (C=O) groups is 3. The van der Waals surface area contributed by atoms with Crippen LogP contribution in [0, 0.1) is 0 Å². The van der Waals surface area contributed by atoms with Gasteiger partial charge in [-0.05, 0) is 34.9 Å². The van der Waals surface area contributed by atoms with Crippen molar-refractivity contribution >= 4 is 57.2 Å². The second-order valence-electron chi connectivity index (χ2n) is 9.64. The molecule has 3 aromatic carbocycles. The van der Waals surface area contributed by atoms with Gasteiger partial charge in [-0.15, -0.1) is 23.5 Å². The average Bonchev–Trinajstić information content (AvgIpc) is 2.99. The molecule has 3 atom stereocenters. The molecule has 2 unspecified atom stereocenters. The summed E-state index contributed by atoms with van der Waals surface area (Å²) in [5.41, 5.74) is 2.79. The molecule has 2 saturated heterocycles. The van der Waals surface area contributed by atoms with Gasteiger partial charge in [0, 0.05) is 22.5 Å². The zero-order chi connectivity index (χ0) is 28.1. The number of fused-ring (bicyclic) bond motifs is 1. The number of nitrogens with one attached hydrogen (secondary N) is 1. The summed E-state index contributed by atoms with van der Waals surface area (Å²) in [6, 6.07) is 24.1. The van der Waals surface area contributed by atoms with Crippen LogP contribution in [0.1, 0.15) is 16.7 Å². The van der Waals surface area contributed by atoms with Crippen LogP contribution in [0.25, 0.3) is 0 Å². The first-order valence-corrected chi connectivity index (χ1v) is 15.8. The van der Waals surface area contributed by atoms with E-state index in [2.05, 4.69) is 21.2 Å². The number of ether oxygens (including phenoxy) is 2. The minimum atomic E-state index is -0.999. The monoisotopic (exact) mass is 640 g/mol. The molecule has 7 nitrogen and oxygen atoms in total. The Morgan fingerprint density at radius 2 is 1.77 bits per heavy atom. The summed E-state index contributed by atoms with van der Waals surface area (Å²) in [7, 11) is 1.60. The Bertz CT molecular complexity index is 1370. The van der Waals surface area contributed by atoms with Gasteiger partial charge in [-0.1, -0.05) is 76.6 Å². The highest BCUT2D eigenvalue weighted by Gasteiger charge is 2.58. The number of nitrogens with zero attached hydrogens (tertiary/aromatic N) is 1. The molecule has 2 heterocycles. The third-order valence-electron chi connectivity index (χ3n) is 6.90. The van der Waals surface area contributed by atoms with Crippen molar-refractivity contribution in [1.82, 2.24) is 10.2 Å². The first-order chi connectivity index (χ1) is 19.4. The lowest BCUT2D eigenvalue weighted by Crippen LogP contribution is -2.74. The minimum absolute atomic E-state index is 0.117. The molecule has 3 aromatic rings. The number of esters is 1. The molecule has 10 heteroatoms. The third-order valence-corrected chi connectivity index (χ3v) is 10.7. The topological polar surface area (TPSA) is 84.9 Å². The molecule has 2 aliphatic rings. The summed E-state index contributed by atoms with van der Waals surface area (Å²) in [5, 5.41) is 3.32. The Balaban J connectivity index is 1.30. The largest absolute Gasteiger partial charge is 0.497 e. The number of alkyl halides is 1. The molecule has 0 bridgehead atoms. The highest BCUT2D eigenvalue weighted by atomic mass is 79.9. The molecule has 0 aromatic heterocycles. The van der Waals surface area contributed by atoms with Crippen LogP contribution < -0.4 is 10.1 Å². The fraction of sp³-hybridized carbons (Fsp3) is 0.300. The molecule has 0 saturated carbocycles. The quantitative estimate of drug-likeness (QED) is 0.193. The number of β-lactam (4-membered cyclic amide) rings is 1. The van der Waals surface area contributed by atoms with Gasteiger partial charge in [0.1, 0.15) is 28.5 Å². The normalized spacial score (nSPS) is 21.6. The highest BCUT2D eigenvalue weighted by Crippen LogP contribution is 2.47. The Hall–Kier alpha value is -2.95. The molecule has 2 amide bonds. The molecule has 40 heavy (non-hydrogen) atoms. The maximum atomic E-state index is 13.8. The number of hydrogen-bond donors (Lipinski definition) is 1. The Morgan fingerprint density at radius 1 is 1.05 bits per heavy atom. The summed E-state index contributed by atoms with van der Waals surface area (Å²) in [6.07, 6.45) is 0.211. The standard InChI is InChI=1S/C30H29BrN2O5S2/c1-37-23-13-11-21(12-14-23)17-38-29(36)30(40-24-10-6-5-9-22(24)16-31)18-33-27(35)26(28(33)39-19-30)32-25(34)15-20-7-3-2-4-8-20/h2-14,26,28H,15-19H2,1H3,(H,32,34)/t26?,28-,30?/m1/s1. The van der Waals surface area contributed by atoms with E-state index in [1.165, 1.54) is 23.5 Å². The number of rotatable bonds is 10. The Labute approximate surface area is 250 Å². The van der Waals surface area contributed by atoms with Gasteiger partial charge in [0.05, 0.1) is 13.5 Å². The second kappa shape index (κ2) is 12.7. The predicted octanol–water partition coefficient (Wildman–Crippen LogP) is 4.81. The maximum absolute atomic E-state index is 13.8. The van der Waals surface area contributed by atoms with Gasteiger partial charge in [0.25, 0.3) is 0 Å². The molecule has 0 radical (unpaired) electrons. The van der Waals surface area contributed by atoms with Gasteiger partial charge < -0.3 is 19.7 Å². The summed E-state index contributed by atoms with van der Waals surface area (Å²) in [4.78, 5) is 42.3. The zero-order valence-corrected chi connectivity index (χ0v) is 25.1. The predicted molar refractivity (Wildman–Crippen MR) is 160 cm³/mol. The molecular weight excluding hydrogens is 612 g/mol. The molecule has 2 fully saturated rings. The molecule has 5 rings (SSSR count). The van der Waals surface area contributed by atoms with Crippen molar-refractivity contribution in [2.24, 2.45) is 0 Å². The van der Waals surface area contributed by atoms with Crippen LogP contribution in [0.5, 0.6) is 5.75 Å². The van der Waals surface area contributed by atoms with Gasteiger partial charge in [-0.25, -0.2) is 0 Å². The molecule has 208 valence electrons. The number of benzene rings is 3. The first-order valence-electron chi connectivity index (χ1n) is 12.8. The van der Waals surface area contributed by atoms with Crippen LogP contribution in [0.3, 0.4) is 0 Å². The van der Waals surface area contributed by atoms with E-state index in [4.69, 9.17) is 9.47 Å². The average molecular weight is 642 g/mol. The van der Waals surface area contributed by atoms with E-state index in [1.807, 2.05) is 78.9 Å². The molecule has 0 spiro atoms. The van der Waals surface area contributed by atoms with Gasteiger partial charge in [0.2, 0.25) is 11.8 Å². The van der Waals surface area contributed by atoms with Gasteiger partial charge in [-0.2, -0.15) is 0 Å². The van der Waals surface area contributed by atoms with E-state index in [1.54, 1.807) is 12.0 Å². The maximum Gasteiger partial charge on any atom is 0.325 e. The van der Waals surface area contributed by atoms with Gasteiger partial charge >= 0.3 is 5.97 Å². The van der Waals surface area contributed by atoms with Crippen LogP contribution in [0.2, 0.25) is 0 Å². The lowest BCUT2D eigenvalue weighted by atomic mass is 10.0. The van der Waals surface area contributed by atoms with E-state index in [0.29, 0.717) is 11.1 Å². The van der Waals surface area contributed by atoms with Crippen LogP contribution in [-0.2, 0) is 37.5 Å². The smallest absolute Gasteiger partial charge is 0.325 e. The van der Waals surface area contributed by atoms with Crippen molar-refractivity contribution in [3.63, 3.8) is 0 Å². The summed E-state index contributed by atoms with van der Waals surface area (Å²) in [5.74, 6) is 0.425. The number of hydrogen-bond acceptors (Lipinski definition) is 7. The van der Waals surface area contributed by atoms with E-state index in [9.17, 15) is 14.4 Å². The number of carbonyl (C=O) groups excluding carboxylic acids is 3. The van der Waals surface area contributed by atoms with Crippen molar-refractivity contribution in [3.05, 3.63) is 95.6 Å². The second-order valence-corrected chi connectivity index (χ2v) is 12.7. The third kappa shape index (κ3) is 6.19. The van der Waals surface area contributed by atoms with Crippen molar-refractivity contribution in [2.75, 3.05) is 19.4 Å². The fourth-order valence-electron chi connectivity index (χ4n) is 4.71. The van der Waals surface area contributed by atoms with Crippen LogP contribution in [0.4, 0.5) is 0 Å². The van der Waals surface area contributed by atoms with E-state index in [-0.39, 0.29) is 42.7 Å². The van der Waals surface area contributed by atoms with E-state index >= 15 is 0 Å². The van der Waals surface area contributed by atoms with E-state index < -0.39 is 10.8 Å². The molecule has 0 aliphatic carbocycles. The van der Waals surface area contributed by atoms with Crippen molar-refractivity contribution < 1.29 is 23.9 Å². The fourth-order valence-corrected chi connectivity index (χ4v) is 8.39. The summed E-state index contributed by atoms with van der Waals surface area (Å²) in [6.45, 7) is 0.322. The number of amides is 2. The molecular formula is C30H29BrN2O5S2. The zero-order valence-electron chi connectivity index (χ0n) is 21.9. The number of methoxy groups -OCH3 is 1. The number of halogens is 1. The summed E-state index contributed by atoms with van der Waals surface area (Å²) < 4.78 is 10.1. The molecule has 2 aliphatic heterocycles. The highest BCUT2D eigenvalue weighted by molar-refractivity contribution is 9.08. The van der Waals surface area contributed by atoms with Gasteiger partial charge in [-0.3, -0.25) is 14.4 Å². The minimum Gasteiger partial charge on any atom is -0.497 e. The van der Waals surface area contributed by atoms with Crippen LogP contribution >= 0.6 is 39.5 Å². The van der Waals surface area contributed by atoms with Crippen molar-refractivity contribution in [1.29, 1.82) is 0 Å². The van der Waals surface area contributed by atoms with Crippen molar-refractivity contribution in [2.45, 2.75) is 39.4 Å². The van der Waals surface area contributed by atoms with Crippen LogP contribution in [-0.4, -0.2) is 58.3 Å². The summed E-state index contributed by atoms with van der Waals surface area (Å²) >= 11 is 6.50. The lowest BCUT2D eigenvalue weighted by molar-refractivity contribution is -0.154.